The maximum atomic E-state index is 12.5. The molecule has 8 nitrogen and oxygen atoms in total. The molecule has 1 aromatic carbocycles. The Kier molecular flexibility index (Phi) is 6.31. The van der Waals surface area contributed by atoms with E-state index in [9.17, 15) is 9.59 Å². The third-order valence-electron chi connectivity index (χ3n) is 4.42. The largest absolute Gasteiger partial charge is 0.497 e. The van der Waals surface area contributed by atoms with Gasteiger partial charge < -0.3 is 24.8 Å². The second-order valence-electron chi connectivity index (χ2n) is 6.43. The van der Waals surface area contributed by atoms with Crippen LogP contribution in [0, 0.1) is 0 Å². The molecule has 2 aromatic rings. The van der Waals surface area contributed by atoms with Crippen LogP contribution in [-0.4, -0.2) is 54.6 Å². The molecule has 28 heavy (non-hydrogen) atoms. The molecular weight excluding hydrogens is 362 g/mol. The number of primary amides is 1. The SMILES string of the molecule is COc1cccc(OCC(=O)N2CCCC(Oc3ccnc(C(N)=O)c3)C2)c1. The van der Waals surface area contributed by atoms with Gasteiger partial charge in [-0.05, 0) is 31.0 Å². The Morgan fingerprint density at radius 1 is 1.21 bits per heavy atom. The predicted octanol–water partition coefficient (Wildman–Crippen LogP) is 1.64. The Balaban J connectivity index is 1.54. The number of nitrogens with two attached hydrogens (primary N) is 1. The molecule has 1 aliphatic heterocycles. The van der Waals surface area contributed by atoms with E-state index in [-0.39, 0.29) is 24.3 Å². The number of nitrogens with zero attached hydrogens (tertiary/aromatic N) is 2. The van der Waals surface area contributed by atoms with Gasteiger partial charge in [0.05, 0.1) is 13.7 Å². The molecule has 1 fully saturated rings. The third-order valence-corrected chi connectivity index (χ3v) is 4.42. The highest BCUT2D eigenvalue weighted by Crippen LogP contribution is 2.21. The van der Waals surface area contributed by atoms with Gasteiger partial charge >= 0.3 is 0 Å². The summed E-state index contributed by atoms with van der Waals surface area (Å²) in [6.45, 7) is 1.05. The fourth-order valence-electron chi connectivity index (χ4n) is 3.00. The number of ether oxygens (including phenoxy) is 3. The monoisotopic (exact) mass is 385 g/mol. The van der Waals surface area contributed by atoms with Crippen molar-refractivity contribution in [1.82, 2.24) is 9.88 Å². The van der Waals surface area contributed by atoms with Crippen LogP contribution >= 0.6 is 0 Å². The number of carbonyl (C=O) groups is 2. The highest BCUT2D eigenvalue weighted by atomic mass is 16.5. The maximum Gasteiger partial charge on any atom is 0.267 e. The van der Waals surface area contributed by atoms with Crippen LogP contribution < -0.4 is 19.9 Å². The van der Waals surface area contributed by atoms with E-state index in [0.717, 1.165) is 12.8 Å². The van der Waals surface area contributed by atoms with E-state index in [2.05, 4.69) is 4.98 Å². The minimum atomic E-state index is -0.611. The Bertz CT molecular complexity index is 842. The molecule has 0 spiro atoms. The van der Waals surface area contributed by atoms with Gasteiger partial charge in [0.25, 0.3) is 11.8 Å². The van der Waals surface area contributed by atoms with Crippen molar-refractivity contribution in [2.75, 3.05) is 26.8 Å². The molecule has 1 aliphatic rings. The average Bonchev–Trinajstić information content (AvgIpc) is 2.72. The molecule has 0 aliphatic carbocycles. The smallest absolute Gasteiger partial charge is 0.267 e. The molecule has 148 valence electrons. The summed E-state index contributed by atoms with van der Waals surface area (Å²) < 4.78 is 16.7. The second-order valence-corrected chi connectivity index (χ2v) is 6.43. The molecule has 1 atom stereocenters. The van der Waals surface area contributed by atoms with Crippen molar-refractivity contribution in [2.45, 2.75) is 18.9 Å². The Hall–Kier alpha value is -3.29. The zero-order chi connectivity index (χ0) is 19.9. The minimum absolute atomic E-state index is 0.0546. The summed E-state index contributed by atoms with van der Waals surface area (Å²) in [5.41, 5.74) is 5.39. The molecule has 0 saturated carbocycles. The lowest BCUT2D eigenvalue weighted by Gasteiger charge is -2.32. The van der Waals surface area contributed by atoms with Crippen molar-refractivity contribution < 1.29 is 23.8 Å². The van der Waals surface area contributed by atoms with Crippen LogP contribution in [0.3, 0.4) is 0 Å². The number of pyridine rings is 1. The van der Waals surface area contributed by atoms with Gasteiger partial charge in [0.1, 0.15) is 29.0 Å². The van der Waals surface area contributed by atoms with Gasteiger partial charge in [0, 0.05) is 24.9 Å². The van der Waals surface area contributed by atoms with Crippen LogP contribution in [0.5, 0.6) is 17.2 Å². The van der Waals surface area contributed by atoms with Crippen LogP contribution in [0.25, 0.3) is 0 Å². The summed E-state index contributed by atoms with van der Waals surface area (Å²) in [5.74, 6) is 1.04. The highest BCUT2D eigenvalue weighted by Gasteiger charge is 2.25. The lowest BCUT2D eigenvalue weighted by atomic mass is 10.1. The number of hydrogen-bond donors (Lipinski definition) is 1. The van der Waals surface area contributed by atoms with Gasteiger partial charge in [-0.1, -0.05) is 6.07 Å². The zero-order valence-corrected chi connectivity index (χ0v) is 15.7. The average molecular weight is 385 g/mol. The number of aromatic nitrogens is 1. The molecule has 8 heteroatoms. The van der Waals surface area contributed by atoms with Crippen molar-refractivity contribution in [2.24, 2.45) is 5.73 Å². The van der Waals surface area contributed by atoms with Crippen molar-refractivity contribution in [3.63, 3.8) is 0 Å². The number of hydrogen-bond acceptors (Lipinski definition) is 6. The summed E-state index contributed by atoms with van der Waals surface area (Å²) in [7, 11) is 1.58. The number of amides is 2. The standard InChI is InChI=1S/C20H23N3O5/c1-26-14-4-2-5-15(10-14)27-13-19(24)23-9-3-6-17(12-23)28-16-7-8-22-18(11-16)20(21)25/h2,4-5,7-8,10-11,17H,3,6,9,12-13H2,1H3,(H2,21,25). The van der Waals surface area contributed by atoms with Crippen molar-refractivity contribution in [3.05, 3.63) is 48.3 Å². The van der Waals surface area contributed by atoms with Gasteiger partial charge in [0.15, 0.2) is 6.61 Å². The van der Waals surface area contributed by atoms with E-state index in [0.29, 0.717) is 30.3 Å². The number of piperidine rings is 1. The molecule has 2 amide bonds. The molecule has 2 heterocycles. The lowest BCUT2D eigenvalue weighted by Crippen LogP contribution is -2.46. The minimum Gasteiger partial charge on any atom is -0.497 e. The van der Waals surface area contributed by atoms with E-state index < -0.39 is 5.91 Å². The first kappa shape index (κ1) is 19.5. The highest BCUT2D eigenvalue weighted by molar-refractivity contribution is 5.91. The van der Waals surface area contributed by atoms with Crippen molar-refractivity contribution in [3.8, 4) is 17.2 Å². The van der Waals surface area contributed by atoms with Gasteiger partial charge in [-0.15, -0.1) is 0 Å². The lowest BCUT2D eigenvalue weighted by molar-refractivity contribution is -0.136. The van der Waals surface area contributed by atoms with Crippen LogP contribution in [0.4, 0.5) is 0 Å². The second kappa shape index (κ2) is 9.07. The Labute approximate surface area is 163 Å². The summed E-state index contributed by atoms with van der Waals surface area (Å²) in [6, 6.07) is 10.3. The van der Waals surface area contributed by atoms with Gasteiger partial charge in [0.2, 0.25) is 0 Å². The number of carbonyl (C=O) groups excluding carboxylic acids is 2. The van der Waals surface area contributed by atoms with Crippen molar-refractivity contribution >= 4 is 11.8 Å². The third kappa shape index (κ3) is 5.12. The summed E-state index contributed by atoms with van der Waals surface area (Å²) >= 11 is 0. The van der Waals surface area contributed by atoms with Gasteiger partial charge in [-0.3, -0.25) is 14.6 Å². The topological polar surface area (TPSA) is 104 Å². The van der Waals surface area contributed by atoms with E-state index in [1.54, 1.807) is 36.3 Å². The first-order valence-electron chi connectivity index (χ1n) is 9.02. The quantitative estimate of drug-likeness (QED) is 0.777. The number of methoxy groups -OCH3 is 1. The summed E-state index contributed by atoms with van der Waals surface area (Å²) in [5, 5.41) is 0. The number of rotatable bonds is 7. The molecule has 0 bridgehead atoms. The molecule has 0 radical (unpaired) electrons. The normalized spacial score (nSPS) is 16.3. The summed E-state index contributed by atoms with van der Waals surface area (Å²) in [4.78, 5) is 29.4. The van der Waals surface area contributed by atoms with Crippen LogP contribution in [0.1, 0.15) is 23.3 Å². The van der Waals surface area contributed by atoms with E-state index in [1.165, 1.54) is 12.3 Å². The number of benzene rings is 1. The van der Waals surface area contributed by atoms with E-state index >= 15 is 0 Å². The van der Waals surface area contributed by atoms with Gasteiger partial charge in [-0.2, -0.15) is 0 Å². The first-order chi connectivity index (χ1) is 13.5. The summed E-state index contributed by atoms with van der Waals surface area (Å²) in [6.07, 6.45) is 2.94. The van der Waals surface area contributed by atoms with Crippen LogP contribution in [0.2, 0.25) is 0 Å². The molecule has 1 aromatic heterocycles. The Morgan fingerprint density at radius 3 is 2.82 bits per heavy atom. The van der Waals surface area contributed by atoms with Gasteiger partial charge in [-0.25, -0.2) is 0 Å². The molecule has 1 saturated heterocycles. The fraction of sp³-hybridized carbons (Fsp3) is 0.350. The van der Waals surface area contributed by atoms with E-state index in [1.807, 2.05) is 6.07 Å². The molecule has 2 N–H and O–H groups in total. The molecular formula is C20H23N3O5. The van der Waals surface area contributed by atoms with Crippen molar-refractivity contribution in [1.29, 1.82) is 0 Å². The van der Waals surface area contributed by atoms with E-state index in [4.69, 9.17) is 19.9 Å². The first-order valence-corrected chi connectivity index (χ1v) is 9.02. The maximum absolute atomic E-state index is 12.5. The fourth-order valence-corrected chi connectivity index (χ4v) is 3.00. The van der Waals surface area contributed by atoms with Crippen LogP contribution in [0.15, 0.2) is 42.6 Å². The van der Waals surface area contributed by atoms with Crippen LogP contribution in [-0.2, 0) is 4.79 Å². The number of likely N-dealkylation sites (tertiary alicyclic amines) is 1. The molecule has 1 unspecified atom stereocenters. The zero-order valence-electron chi connectivity index (χ0n) is 15.7. The predicted molar refractivity (Wildman–Crippen MR) is 101 cm³/mol. The Morgan fingerprint density at radius 2 is 2.04 bits per heavy atom. The molecule has 3 rings (SSSR count).